The molecule has 3 rings (SSSR count). The smallest absolute Gasteiger partial charge is 0.0516 e. The number of aromatic nitrogens is 1. The molecule has 1 aromatic carbocycles. The van der Waals surface area contributed by atoms with E-state index in [9.17, 15) is 0 Å². The molecule has 90 valence electrons. The maximum absolute atomic E-state index is 4.48. The molecule has 1 nitrogen and oxygen atoms in total. The topological polar surface area (TPSA) is 12.9 Å². The van der Waals surface area contributed by atoms with Gasteiger partial charge in [0.1, 0.15) is 0 Å². The van der Waals surface area contributed by atoms with Gasteiger partial charge in [-0.2, -0.15) is 0 Å². The summed E-state index contributed by atoms with van der Waals surface area (Å²) in [7, 11) is 0. The van der Waals surface area contributed by atoms with E-state index in [1.165, 1.54) is 16.7 Å². The van der Waals surface area contributed by atoms with Gasteiger partial charge in [0, 0.05) is 12.1 Å². The summed E-state index contributed by atoms with van der Waals surface area (Å²) in [6, 6.07) is 12.7. The van der Waals surface area contributed by atoms with Crippen LogP contribution in [0.15, 0.2) is 48.7 Å². The van der Waals surface area contributed by atoms with Gasteiger partial charge in [-0.25, -0.2) is 0 Å². The molecule has 0 fully saturated rings. The van der Waals surface area contributed by atoms with E-state index in [-0.39, 0.29) is 0 Å². The fourth-order valence-electron chi connectivity index (χ4n) is 2.68. The minimum atomic E-state index is 0.319. The first-order valence-electron chi connectivity index (χ1n) is 6.49. The molecule has 1 aliphatic rings. The fourth-order valence-corrected chi connectivity index (χ4v) is 2.68. The molecular formula is C17H17N. The number of hydrogen-bond donors (Lipinski definition) is 0. The van der Waals surface area contributed by atoms with Gasteiger partial charge in [-0.3, -0.25) is 4.98 Å². The highest BCUT2D eigenvalue weighted by Gasteiger charge is 2.22. The first-order valence-corrected chi connectivity index (χ1v) is 6.49. The van der Waals surface area contributed by atoms with E-state index in [2.05, 4.69) is 61.3 Å². The third-order valence-corrected chi connectivity index (χ3v) is 3.59. The minimum absolute atomic E-state index is 0.319. The zero-order chi connectivity index (χ0) is 12.5. The molecule has 1 aromatic heterocycles. The van der Waals surface area contributed by atoms with Crippen molar-refractivity contribution >= 4 is 6.08 Å². The molecule has 1 heterocycles. The quantitative estimate of drug-likeness (QED) is 0.753. The van der Waals surface area contributed by atoms with Crippen LogP contribution in [0.3, 0.4) is 0 Å². The van der Waals surface area contributed by atoms with Crippen LogP contribution in [0.25, 0.3) is 6.08 Å². The zero-order valence-electron chi connectivity index (χ0n) is 10.8. The molecule has 0 amide bonds. The average molecular weight is 235 g/mol. The normalized spacial score (nSPS) is 17.2. The van der Waals surface area contributed by atoms with E-state index in [1.807, 2.05) is 12.3 Å². The van der Waals surface area contributed by atoms with Crippen molar-refractivity contribution in [3.05, 3.63) is 71.1 Å². The summed E-state index contributed by atoms with van der Waals surface area (Å²) < 4.78 is 0. The van der Waals surface area contributed by atoms with Crippen molar-refractivity contribution in [2.75, 3.05) is 0 Å². The number of allylic oxidation sites excluding steroid dienone is 1. The van der Waals surface area contributed by atoms with E-state index in [0.717, 1.165) is 5.69 Å². The van der Waals surface area contributed by atoms with Crippen LogP contribution in [-0.4, -0.2) is 4.98 Å². The largest absolute Gasteiger partial charge is 0.260 e. The lowest BCUT2D eigenvalue weighted by atomic mass is 9.91. The highest BCUT2D eigenvalue weighted by atomic mass is 14.7. The number of nitrogens with zero attached hydrogens (tertiary/aromatic N) is 1. The van der Waals surface area contributed by atoms with Gasteiger partial charge in [0.25, 0.3) is 0 Å². The van der Waals surface area contributed by atoms with Gasteiger partial charge >= 0.3 is 0 Å². The van der Waals surface area contributed by atoms with E-state index in [0.29, 0.717) is 11.8 Å². The SMILES string of the molecule is CC(C)c1cccc2c1C=CC2c1ccccn1. The van der Waals surface area contributed by atoms with Crippen molar-refractivity contribution in [3.8, 4) is 0 Å². The second-order valence-corrected chi connectivity index (χ2v) is 5.10. The minimum Gasteiger partial charge on any atom is -0.260 e. The van der Waals surface area contributed by atoms with Gasteiger partial charge < -0.3 is 0 Å². The molecule has 1 aliphatic carbocycles. The standard InChI is InChI=1S/C17H17N/c1-12(2)13-6-5-7-14-15(13)9-10-16(14)17-8-3-4-11-18-17/h3-12,16H,1-2H3. The maximum Gasteiger partial charge on any atom is 0.0516 e. The van der Waals surface area contributed by atoms with Crippen LogP contribution in [0.1, 0.15) is 48.1 Å². The third-order valence-electron chi connectivity index (χ3n) is 3.59. The number of hydrogen-bond acceptors (Lipinski definition) is 1. The van der Waals surface area contributed by atoms with E-state index in [1.54, 1.807) is 0 Å². The lowest BCUT2D eigenvalue weighted by Crippen LogP contribution is -2.00. The third kappa shape index (κ3) is 1.76. The number of benzene rings is 1. The lowest BCUT2D eigenvalue weighted by Gasteiger charge is -2.14. The van der Waals surface area contributed by atoms with Crippen LogP contribution < -0.4 is 0 Å². The van der Waals surface area contributed by atoms with Crippen LogP contribution in [0.4, 0.5) is 0 Å². The molecule has 0 bridgehead atoms. The van der Waals surface area contributed by atoms with Gasteiger partial charge in [-0.05, 0) is 34.7 Å². The van der Waals surface area contributed by atoms with Gasteiger partial charge in [0.05, 0.1) is 5.69 Å². The van der Waals surface area contributed by atoms with Gasteiger partial charge in [-0.15, -0.1) is 0 Å². The van der Waals surface area contributed by atoms with E-state index < -0.39 is 0 Å². The molecule has 0 saturated heterocycles. The summed E-state index contributed by atoms with van der Waals surface area (Å²) in [5.41, 5.74) is 5.35. The predicted octanol–water partition coefficient (Wildman–Crippen LogP) is 4.36. The summed E-state index contributed by atoms with van der Waals surface area (Å²) in [4.78, 5) is 4.48. The summed E-state index contributed by atoms with van der Waals surface area (Å²) >= 11 is 0. The Morgan fingerprint density at radius 2 is 1.94 bits per heavy atom. The Hall–Kier alpha value is -1.89. The molecule has 0 saturated carbocycles. The second-order valence-electron chi connectivity index (χ2n) is 5.10. The van der Waals surface area contributed by atoms with Crippen LogP contribution in [0.5, 0.6) is 0 Å². The summed E-state index contributed by atoms with van der Waals surface area (Å²) in [5, 5.41) is 0. The monoisotopic (exact) mass is 235 g/mol. The average Bonchev–Trinajstić information content (AvgIpc) is 2.83. The Kier molecular flexibility index (Phi) is 2.75. The zero-order valence-corrected chi connectivity index (χ0v) is 10.8. The molecule has 0 aliphatic heterocycles. The molecule has 18 heavy (non-hydrogen) atoms. The highest BCUT2D eigenvalue weighted by Crippen LogP contribution is 2.37. The van der Waals surface area contributed by atoms with Crippen LogP contribution in [0, 0.1) is 0 Å². The van der Waals surface area contributed by atoms with Crippen molar-refractivity contribution in [3.63, 3.8) is 0 Å². The van der Waals surface area contributed by atoms with Gasteiger partial charge in [0.15, 0.2) is 0 Å². The fraction of sp³-hybridized carbons (Fsp3) is 0.235. The van der Waals surface area contributed by atoms with Crippen LogP contribution in [0.2, 0.25) is 0 Å². The van der Waals surface area contributed by atoms with Gasteiger partial charge in [-0.1, -0.05) is 50.3 Å². The molecule has 1 atom stereocenters. The van der Waals surface area contributed by atoms with Crippen molar-refractivity contribution < 1.29 is 0 Å². The first kappa shape index (κ1) is 11.2. The summed E-state index contributed by atoms with van der Waals surface area (Å²) in [5.74, 6) is 0.881. The number of pyridine rings is 1. The number of fused-ring (bicyclic) bond motifs is 1. The van der Waals surface area contributed by atoms with Crippen LogP contribution >= 0.6 is 0 Å². The Labute approximate surface area is 108 Å². The lowest BCUT2D eigenvalue weighted by molar-refractivity contribution is 0.858. The second kappa shape index (κ2) is 4.41. The summed E-state index contributed by atoms with van der Waals surface area (Å²) in [6.07, 6.45) is 6.39. The Bertz CT molecular complexity index is 582. The first-order chi connectivity index (χ1) is 8.77. The molecule has 0 spiro atoms. The van der Waals surface area contributed by atoms with Crippen molar-refractivity contribution in [1.82, 2.24) is 4.98 Å². The molecule has 0 radical (unpaired) electrons. The van der Waals surface area contributed by atoms with Crippen molar-refractivity contribution in [2.45, 2.75) is 25.7 Å². The van der Waals surface area contributed by atoms with Gasteiger partial charge in [0.2, 0.25) is 0 Å². The Balaban J connectivity index is 2.09. The number of rotatable bonds is 2. The highest BCUT2D eigenvalue weighted by molar-refractivity contribution is 5.68. The van der Waals surface area contributed by atoms with Crippen LogP contribution in [-0.2, 0) is 0 Å². The predicted molar refractivity (Wildman–Crippen MR) is 75.6 cm³/mol. The Morgan fingerprint density at radius 1 is 1.06 bits per heavy atom. The van der Waals surface area contributed by atoms with E-state index in [4.69, 9.17) is 0 Å². The van der Waals surface area contributed by atoms with E-state index >= 15 is 0 Å². The van der Waals surface area contributed by atoms with Crippen molar-refractivity contribution in [1.29, 1.82) is 0 Å². The molecule has 1 heteroatoms. The Morgan fingerprint density at radius 3 is 2.67 bits per heavy atom. The van der Waals surface area contributed by atoms with Crippen molar-refractivity contribution in [2.24, 2.45) is 0 Å². The molecule has 2 aromatic rings. The molecule has 1 unspecified atom stereocenters. The molecular weight excluding hydrogens is 218 g/mol. The molecule has 0 N–H and O–H groups in total. The maximum atomic E-state index is 4.48. The summed E-state index contributed by atoms with van der Waals surface area (Å²) in [6.45, 7) is 4.50.